The van der Waals surface area contributed by atoms with Crippen LogP contribution in [-0.4, -0.2) is 30.8 Å². The molecule has 1 aliphatic rings. The van der Waals surface area contributed by atoms with Crippen LogP contribution in [0, 0.1) is 0 Å². The van der Waals surface area contributed by atoms with Crippen LogP contribution in [-0.2, 0) is 15.6 Å². The number of hydrogen-bond acceptors (Lipinski definition) is 4. The van der Waals surface area contributed by atoms with Crippen molar-refractivity contribution in [1.82, 2.24) is 9.88 Å². The van der Waals surface area contributed by atoms with Gasteiger partial charge in [-0.15, -0.1) is 0 Å². The number of furan rings is 1. The van der Waals surface area contributed by atoms with Crippen molar-refractivity contribution < 1.29 is 17.6 Å². The molecule has 2 aromatic heterocycles. The number of aromatic amines is 1. The zero-order valence-corrected chi connectivity index (χ0v) is 15.5. The molecule has 1 atom stereocenters. The van der Waals surface area contributed by atoms with Crippen LogP contribution in [0.15, 0.2) is 70.1 Å². The fraction of sp³-hybridized carbons (Fsp3) is 0.250. The minimum atomic E-state index is -3.51. The first-order valence-corrected chi connectivity index (χ1v) is 10.5. The lowest BCUT2D eigenvalue weighted by molar-refractivity contribution is 0.0699. The fourth-order valence-electron chi connectivity index (χ4n) is 3.50. The topological polar surface area (TPSA) is 83.4 Å². The highest BCUT2D eigenvalue weighted by molar-refractivity contribution is 7.90. The summed E-state index contributed by atoms with van der Waals surface area (Å²) >= 11 is 0. The smallest absolute Gasteiger partial charge is 0.290 e. The number of sulfone groups is 1. The van der Waals surface area contributed by atoms with Crippen LogP contribution in [0.1, 0.15) is 40.9 Å². The van der Waals surface area contributed by atoms with Gasteiger partial charge < -0.3 is 14.3 Å². The normalized spacial score (nSPS) is 17.3. The van der Waals surface area contributed by atoms with Gasteiger partial charge in [0.2, 0.25) is 0 Å². The molecule has 0 aliphatic carbocycles. The molecule has 3 heterocycles. The van der Waals surface area contributed by atoms with Crippen LogP contribution in [0.4, 0.5) is 0 Å². The lowest BCUT2D eigenvalue weighted by atomic mass is 10.1. The van der Waals surface area contributed by atoms with Gasteiger partial charge in [0, 0.05) is 18.4 Å². The standard InChI is InChI=1S/C20H20N2O4S/c23-20(22-13-5-9-18(22)17-8-4-12-21-17)19-11-10-15(26-19)14-27(24,25)16-6-2-1-3-7-16/h1-4,6-8,10-12,18,21H,5,9,13-14H2/t18-/m0/s1. The summed E-state index contributed by atoms with van der Waals surface area (Å²) in [6.45, 7) is 0.654. The molecule has 0 unspecified atom stereocenters. The second-order valence-corrected chi connectivity index (χ2v) is 8.61. The molecule has 1 amide bonds. The number of amides is 1. The Morgan fingerprint density at radius 2 is 1.93 bits per heavy atom. The molecule has 3 aromatic rings. The fourth-order valence-corrected chi connectivity index (χ4v) is 4.76. The van der Waals surface area contributed by atoms with E-state index >= 15 is 0 Å². The Kier molecular flexibility index (Phi) is 4.61. The second-order valence-electron chi connectivity index (χ2n) is 6.62. The monoisotopic (exact) mass is 384 g/mol. The van der Waals surface area contributed by atoms with Gasteiger partial charge in [-0.05, 0) is 49.2 Å². The Morgan fingerprint density at radius 1 is 1.11 bits per heavy atom. The maximum atomic E-state index is 12.9. The number of H-pyrrole nitrogens is 1. The third-order valence-corrected chi connectivity index (χ3v) is 6.46. The van der Waals surface area contributed by atoms with Crippen molar-refractivity contribution in [2.45, 2.75) is 29.5 Å². The molecular formula is C20H20N2O4S. The second kappa shape index (κ2) is 7.08. The van der Waals surface area contributed by atoms with E-state index in [1.807, 2.05) is 18.3 Å². The van der Waals surface area contributed by atoms with Gasteiger partial charge in [-0.1, -0.05) is 18.2 Å². The van der Waals surface area contributed by atoms with Crippen LogP contribution in [0.3, 0.4) is 0 Å². The van der Waals surface area contributed by atoms with E-state index < -0.39 is 9.84 Å². The van der Waals surface area contributed by atoms with Gasteiger partial charge in [-0.2, -0.15) is 0 Å². The summed E-state index contributed by atoms with van der Waals surface area (Å²) in [6.07, 6.45) is 3.66. The van der Waals surface area contributed by atoms with Gasteiger partial charge in [0.05, 0.1) is 10.9 Å². The van der Waals surface area contributed by atoms with Gasteiger partial charge in [-0.25, -0.2) is 8.42 Å². The van der Waals surface area contributed by atoms with Crippen LogP contribution in [0.2, 0.25) is 0 Å². The quantitative estimate of drug-likeness (QED) is 0.729. The van der Waals surface area contributed by atoms with E-state index in [9.17, 15) is 13.2 Å². The number of hydrogen-bond donors (Lipinski definition) is 1. The largest absolute Gasteiger partial charge is 0.455 e. The van der Waals surface area contributed by atoms with Crippen molar-refractivity contribution in [3.8, 4) is 0 Å². The van der Waals surface area contributed by atoms with Gasteiger partial charge in [0.15, 0.2) is 15.6 Å². The first kappa shape index (κ1) is 17.6. The van der Waals surface area contributed by atoms with Crippen molar-refractivity contribution in [2.75, 3.05) is 6.54 Å². The van der Waals surface area contributed by atoms with Gasteiger partial charge in [-0.3, -0.25) is 4.79 Å². The highest BCUT2D eigenvalue weighted by atomic mass is 32.2. The Morgan fingerprint density at radius 3 is 2.67 bits per heavy atom. The Labute approximate surface area is 157 Å². The number of likely N-dealkylation sites (tertiary alicyclic amines) is 1. The Balaban J connectivity index is 1.52. The zero-order valence-electron chi connectivity index (χ0n) is 14.7. The maximum absolute atomic E-state index is 12.9. The van der Waals surface area contributed by atoms with E-state index in [1.165, 1.54) is 0 Å². The molecule has 27 heavy (non-hydrogen) atoms. The summed E-state index contributed by atoms with van der Waals surface area (Å²) < 4.78 is 30.6. The molecule has 0 bridgehead atoms. The predicted octanol–water partition coefficient (Wildman–Crippen LogP) is 3.56. The molecule has 140 valence electrons. The van der Waals surface area contributed by atoms with Crippen LogP contribution < -0.4 is 0 Å². The summed E-state index contributed by atoms with van der Waals surface area (Å²) in [5.41, 5.74) is 0.999. The minimum absolute atomic E-state index is 0.00546. The highest BCUT2D eigenvalue weighted by Gasteiger charge is 2.32. The summed E-state index contributed by atoms with van der Waals surface area (Å²) in [6, 6.07) is 15.2. The molecule has 6 nitrogen and oxygen atoms in total. The summed E-state index contributed by atoms with van der Waals surface area (Å²) in [4.78, 5) is 18.1. The average Bonchev–Trinajstić information content (AvgIpc) is 3.42. The first-order valence-electron chi connectivity index (χ1n) is 8.85. The molecular weight excluding hydrogens is 364 g/mol. The van der Waals surface area contributed by atoms with Crippen LogP contribution in [0.5, 0.6) is 0 Å². The lowest BCUT2D eigenvalue weighted by Gasteiger charge is -2.22. The van der Waals surface area contributed by atoms with Crippen LogP contribution in [0.25, 0.3) is 0 Å². The van der Waals surface area contributed by atoms with Gasteiger partial charge in [0.1, 0.15) is 11.5 Å². The van der Waals surface area contributed by atoms with E-state index in [-0.39, 0.29) is 34.1 Å². The number of carbonyl (C=O) groups excluding carboxylic acids is 1. The summed E-state index contributed by atoms with van der Waals surface area (Å²) in [7, 11) is -3.51. The van der Waals surface area contributed by atoms with Crippen molar-refractivity contribution in [3.63, 3.8) is 0 Å². The lowest BCUT2D eigenvalue weighted by Crippen LogP contribution is -2.30. The van der Waals surface area contributed by atoms with Crippen molar-refractivity contribution in [2.24, 2.45) is 0 Å². The maximum Gasteiger partial charge on any atom is 0.290 e. The van der Waals surface area contributed by atoms with Crippen molar-refractivity contribution >= 4 is 15.7 Å². The van der Waals surface area contributed by atoms with Crippen molar-refractivity contribution in [3.05, 3.63) is 78.0 Å². The molecule has 1 fully saturated rings. The average molecular weight is 384 g/mol. The van der Waals surface area contributed by atoms with Gasteiger partial charge >= 0.3 is 0 Å². The van der Waals surface area contributed by atoms with Crippen LogP contribution >= 0.6 is 0 Å². The number of rotatable bonds is 5. The molecule has 1 aromatic carbocycles. The zero-order chi connectivity index (χ0) is 18.9. The molecule has 7 heteroatoms. The number of aromatic nitrogens is 1. The number of benzene rings is 1. The number of nitrogens with zero attached hydrogens (tertiary/aromatic N) is 1. The van der Waals surface area contributed by atoms with E-state index in [0.29, 0.717) is 6.54 Å². The third-order valence-electron chi connectivity index (χ3n) is 4.80. The van der Waals surface area contributed by atoms with Crippen molar-refractivity contribution in [1.29, 1.82) is 0 Å². The summed E-state index contributed by atoms with van der Waals surface area (Å²) in [5, 5.41) is 0. The minimum Gasteiger partial charge on any atom is -0.455 e. The summed E-state index contributed by atoms with van der Waals surface area (Å²) in [5.74, 6) is -0.0512. The van der Waals surface area contributed by atoms with E-state index in [4.69, 9.17) is 4.42 Å². The number of carbonyl (C=O) groups is 1. The molecule has 0 saturated carbocycles. The third kappa shape index (κ3) is 3.55. The molecule has 0 spiro atoms. The molecule has 1 saturated heterocycles. The Hall–Kier alpha value is -2.80. The highest BCUT2D eigenvalue weighted by Crippen LogP contribution is 2.32. The van der Waals surface area contributed by atoms with E-state index in [1.54, 1.807) is 47.4 Å². The molecule has 1 N–H and O–H groups in total. The van der Waals surface area contributed by atoms with E-state index in [2.05, 4.69) is 4.98 Å². The Bertz CT molecular complexity index is 1020. The number of nitrogens with one attached hydrogen (secondary N) is 1. The SMILES string of the molecule is O=C(c1ccc(CS(=O)(=O)c2ccccc2)o1)N1CCC[C@H]1c1ccc[nH]1. The predicted molar refractivity (Wildman–Crippen MR) is 99.8 cm³/mol. The molecule has 4 rings (SSSR count). The molecule has 1 aliphatic heterocycles. The molecule has 0 radical (unpaired) electrons. The van der Waals surface area contributed by atoms with E-state index in [0.717, 1.165) is 18.5 Å². The van der Waals surface area contributed by atoms with Gasteiger partial charge in [0.25, 0.3) is 5.91 Å². The first-order chi connectivity index (χ1) is 13.0.